The van der Waals surface area contributed by atoms with Gasteiger partial charge in [-0.05, 0) is 0 Å². The highest BCUT2D eigenvalue weighted by molar-refractivity contribution is 6.45. The average molecular weight is 96.9 g/mol. The third kappa shape index (κ3) is 5.60. The van der Waals surface area contributed by atoms with Gasteiger partial charge >= 0.3 is 0 Å². The van der Waals surface area contributed by atoms with E-state index >= 15 is 0 Å². The SMILES string of the molecule is C=C(O)[B]C(C)C. The fraction of sp³-hybridized carbons (Fsp3) is 0.600. The van der Waals surface area contributed by atoms with Crippen LogP contribution < -0.4 is 0 Å². The second-order valence-corrected chi connectivity index (χ2v) is 1.90. The fourth-order valence-corrected chi connectivity index (χ4v) is 0.385. The molecule has 2 heteroatoms. The monoisotopic (exact) mass is 97.1 g/mol. The predicted molar refractivity (Wildman–Crippen MR) is 32.6 cm³/mol. The van der Waals surface area contributed by atoms with Gasteiger partial charge in [-0.25, -0.2) is 0 Å². The molecule has 1 N–H and O–H groups in total. The highest BCUT2D eigenvalue weighted by atomic mass is 16.3. The van der Waals surface area contributed by atoms with Crippen molar-refractivity contribution in [2.24, 2.45) is 0 Å². The Bertz CT molecular complexity index is 68.5. The molecule has 7 heavy (non-hydrogen) atoms. The Morgan fingerprint density at radius 1 is 1.71 bits per heavy atom. The van der Waals surface area contributed by atoms with Crippen molar-refractivity contribution in [2.45, 2.75) is 19.7 Å². The Balaban J connectivity index is 3.13. The number of hydrogen-bond donors (Lipinski definition) is 1. The van der Waals surface area contributed by atoms with Gasteiger partial charge in [-0.15, -0.1) is 0 Å². The van der Waals surface area contributed by atoms with E-state index in [0.717, 1.165) is 0 Å². The second kappa shape index (κ2) is 2.72. The van der Waals surface area contributed by atoms with E-state index in [-0.39, 0.29) is 5.66 Å². The zero-order valence-electron chi connectivity index (χ0n) is 4.81. The molecule has 0 aliphatic rings. The van der Waals surface area contributed by atoms with Crippen molar-refractivity contribution < 1.29 is 5.11 Å². The van der Waals surface area contributed by atoms with Crippen molar-refractivity contribution in [1.82, 2.24) is 0 Å². The van der Waals surface area contributed by atoms with E-state index in [0.29, 0.717) is 5.82 Å². The van der Waals surface area contributed by atoms with E-state index in [1.807, 2.05) is 13.8 Å². The number of aliphatic hydroxyl groups excluding tert-OH is 1. The minimum atomic E-state index is 0.162. The maximum Gasteiger partial charge on any atom is 0.202 e. The summed E-state index contributed by atoms with van der Waals surface area (Å²) >= 11 is 0. The molecule has 0 aromatic rings. The first kappa shape index (κ1) is 6.60. The van der Waals surface area contributed by atoms with Gasteiger partial charge in [0.2, 0.25) is 7.28 Å². The van der Waals surface area contributed by atoms with Crippen LogP contribution in [0.1, 0.15) is 13.8 Å². The van der Waals surface area contributed by atoms with Crippen LogP contribution in [-0.2, 0) is 0 Å². The topological polar surface area (TPSA) is 20.2 Å². The summed E-state index contributed by atoms with van der Waals surface area (Å²) in [6, 6.07) is 0. The lowest BCUT2D eigenvalue weighted by molar-refractivity contribution is 0.451. The number of hydrogen-bond acceptors (Lipinski definition) is 1. The van der Waals surface area contributed by atoms with Crippen LogP contribution >= 0.6 is 0 Å². The van der Waals surface area contributed by atoms with Crippen LogP contribution in [0, 0.1) is 0 Å². The molecule has 0 bridgehead atoms. The van der Waals surface area contributed by atoms with Crippen LogP contribution in [0.3, 0.4) is 0 Å². The first-order valence-corrected chi connectivity index (χ1v) is 2.35. The molecule has 0 saturated heterocycles. The molecule has 0 amide bonds. The predicted octanol–water partition coefficient (Wildman–Crippen LogP) is 1.55. The van der Waals surface area contributed by atoms with Gasteiger partial charge in [0.05, 0.1) is 0 Å². The molecular formula is C5H10BO. The minimum absolute atomic E-state index is 0.162. The molecule has 1 radical (unpaired) electrons. The van der Waals surface area contributed by atoms with E-state index < -0.39 is 0 Å². The maximum atomic E-state index is 8.47. The van der Waals surface area contributed by atoms with Crippen LogP contribution in [0.25, 0.3) is 0 Å². The number of aliphatic hydroxyl groups is 1. The van der Waals surface area contributed by atoms with Crippen molar-refractivity contribution in [3.05, 3.63) is 12.2 Å². The molecule has 0 spiro atoms. The molecule has 0 rings (SSSR count). The summed E-state index contributed by atoms with van der Waals surface area (Å²) < 4.78 is 0. The largest absolute Gasteiger partial charge is 0.524 e. The molecule has 0 aromatic carbocycles. The zero-order valence-corrected chi connectivity index (χ0v) is 4.81. The first-order chi connectivity index (χ1) is 3.13. The number of rotatable bonds is 2. The first-order valence-electron chi connectivity index (χ1n) is 2.35. The van der Waals surface area contributed by atoms with E-state index in [1.54, 1.807) is 7.28 Å². The van der Waals surface area contributed by atoms with Crippen molar-refractivity contribution in [1.29, 1.82) is 0 Å². The van der Waals surface area contributed by atoms with E-state index in [4.69, 9.17) is 5.11 Å². The van der Waals surface area contributed by atoms with Crippen molar-refractivity contribution in [3.8, 4) is 0 Å². The minimum Gasteiger partial charge on any atom is -0.524 e. The normalized spacial score (nSPS) is 9.00. The van der Waals surface area contributed by atoms with Gasteiger partial charge in [0.15, 0.2) is 0 Å². The van der Waals surface area contributed by atoms with Gasteiger partial charge in [-0.3, -0.25) is 0 Å². The molecule has 0 aromatic heterocycles. The Morgan fingerprint density at radius 3 is 2.14 bits per heavy atom. The highest BCUT2D eigenvalue weighted by Gasteiger charge is 1.96. The molecule has 0 atom stereocenters. The molecule has 1 nitrogen and oxygen atoms in total. The van der Waals surface area contributed by atoms with Gasteiger partial charge in [0.1, 0.15) is 0 Å². The molecule has 0 fully saturated rings. The van der Waals surface area contributed by atoms with E-state index in [9.17, 15) is 0 Å². The quantitative estimate of drug-likeness (QED) is 0.409. The molecule has 0 saturated carbocycles. The fourth-order valence-electron chi connectivity index (χ4n) is 0.385. The molecule has 0 aliphatic heterocycles. The lowest BCUT2D eigenvalue weighted by Gasteiger charge is -1.96. The summed E-state index contributed by atoms with van der Waals surface area (Å²) in [5.41, 5.74) is 0.162. The third-order valence-corrected chi connectivity index (χ3v) is 0.526. The van der Waals surface area contributed by atoms with Crippen LogP contribution in [0.5, 0.6) is 0 Å². The summed E-state index contributed by atoms with van der Waals surface area (Å²) in [7, 11) is 1.69. The zero-order chi connectivity index (χ0) is 5.86. The lowest BCUT2D eigenvalue weighted by Crippen LogP contribution is -1.97. The summed E-state index contributed by atoms with van der Waals surface area (Å²) in [4.78, 5) is 0. The summed E-state index contributed by atoms with van der Waals surface area (Å²) in [6.45, 7) is 7.27. The highest BCUT2D eigenvalue weighted by Crippen LogP contribution is 1.99. The standard InChI is InChI=1S/C5H10BO/c1-4(2)6-5(3)7/h4,7H,3H2,1-2H3. The summed E-state index contributed by atoms with van der Waals surface area (Å²) in [6.07, 6.45) is 0. The summed E-state index contributed by atoms with van der Waals surface area (Å²) in [5.74, 6) is 0.400. The van der Waals surface area contributed by atoms with Gasteiger partial charge in [-0.1, -0.05) is 26.2 Å². The van der Waals surface area contributed by atoms with Gasteiger partial charge in [0, 0.05) is 5.66 Å². The Kier molecular flexibility index (Phi) is 2.57. The van der Waals surface area contributed by atoms with Crippen molar-refractivity contribution >= 4 is 7.28 Å². The Labute approximate surface area is 45.3 Å². The van der Waals surface area contributed by atoms with Crippen molar-refractivity contribution in [3.63, 3.8) is 0 Å². The molecule has 0 aliphatic carbocycles. The van der Waals surface area contributed by atoms with Crippen LogP contribution in [-0.4, -0.2) is 12.4 Å². The Hall–Kier alpha value is -0.395. The van der Waals surface area contributed by atoms with E-state index in [1.165, 1.54) is 0 Å². The average Bonchev–Trinajstić information content (AvgIpc) is 1.27. The lowest BCUT2D eigenvalue weighted by atomic mass is 9.65. The van der Waals surface area contributed by atoms with Crippen molar-refractivity contribution in [2.75, 3.05) is 0 Å². The Morgan fingerprint density at radius 2 is 2.14 bits per heavy atom. The van der Waals surface area contributed by atoms with Crippen LogP contribution in [0.2, 0.25) is 5.82 Å². The second-order valence-electron chi connectivity index (χ2n) is 1.90. The summed E-state index contributed by atoms with van der Waals surface area (Å²) in [5, 5.41) is 8.47. The maximum absolute atomic E-state index is 8.47. The smallest absolute Gasteiger partial charge is 0.202 e. The third-order valence-electron chi connectivity index (χ3n) is 0.526. The van der Waals surface area contributed by atoms with Crippen LogP contribution in [0.15, 0.2) is 12.2 Å². The molecule has 0 unspecified atom stereocenters. The van der Waals surface area contributed by atoms with Crippen LogP contribution in [0.4, 0.5) is 0 Å². The van der Waals surface area contributed by atoms with Gasteiger partial charge in [-0.2, -0.15) is 0 Å². The van der Waals surface area contributed by atoms with Gasteiger partial charge in [0.25, 0.3) is 0 Å². The molecular weight excluding hydrogens is 86.9 g/mol. The molecule has 0 heterocycles. The van der Waals surface area contributed by atoms with Gasteiger partial charge < -0.3 is 5.11 Å². The van der Waals surface area contributed by atoms with E-state index in [2.05, 4.69) is 6.58 Å². The molecule has 39 valence electrons.